The second-order valence-electron chi connectivity index (χ2n) is 6.87. The van der Waals surface area contributed by atoms with Gasteiger partial charge in [0.2, 0.25) is 5.91 Å². The number of carbonyl (C=O) groups excluding carboxylic acids is 1. The van der Waals surface area contributed by atoms with Crippen molar-refractivity contribution in [1.29, 1.82) is 0 Å². The van der Waals surface area contributed by atoms with Crippen molar-refractivity contribution in [3.05, 3.63) is 72.5 Å². The molecule has 0 atom stereocenters. The van der Waals surface area contributed by atoms with Gasteiger partial charge in [-0.3, -0.25) is 4.79 Å². The summed E-state index contributed by atoms with van der Waals surface area (Å²) in [6.45, 7) is 10.4. The van der Waals surface area contributed by atoms with Gasteiger partial charge in [-0.25, -0.2) is 4.99 Å². The number of carbonyl (C=O) groups is 1. The number of halogens is 2. The number of hydrogen-bond acceptors (Lipinski definition) is 3. The van der Waals surface area contributed by atoms with Gasteiger partial charge in [0.1, 0.15) is 11.6 Å². The van der Waals surface area contributed by atoms with Crippen LogP contribution < -0.4 is 15.8 Å². The summed E-state index contributed by atoms with van der Waals surface area (Å²) in [7, 11) is 0. The highest BCUT2D eigenvalue weighted by atomic mass is 19.3. The van der Waals surface area contributed by atoms with Crippen molar-refractivity contribution in [2.75, 3.05) is 5.32 Å². The second-order valence-corrected chi connectivity index (χ2v) is 6.87. The van der Waals surface area contributed by atoms with E-state index in [9.17, 15) is 13.6 Å². The minimum Gasteiger partial charge on any atom is -0.427 e. The predicted molar refractivity (Wildman–Crippen MR) is 120 cm³/mol. The lowest BCUT2D eigenvalue weighted by molar-refractivity contribution is -0.130. The van der Waals surface area contributed by atoms with Crippen molar-refractivity contribution in [2.24, 2.45) is 10.7 Å². The molecule has 0 aliphatic heterocycles. The largest absolute Gasteiger partial charge is 0.427 e. The van der Waals surface area contributed by atoms with Gasteiger partial charge in [0.05, 0.1) is 16.9 Å². The molecule has 8 heteroatoms. The lowest BCUT2D eigenvalue weighted by Crippen LogP contribution is -2.22. The number of aromatic nitrogens is 1. The van der Waals surface area contributed by atoms with Crippen LogP contribution >= 0.6 is 0 Å². The minimum absolute atomic E-state index is 0.113. The lowest BCUT2D eigenvalue weighted by atomic mass is 10.1. The van der Waals surface area contributed by atoms with Crippen molar-refractivity contribution in [3.8, 4) is 5.75 Å². The number of rotatable bonds is 7. The fourth-order valence-corrected chi connectivity index (χ4v) is 3.07. The predicted octanol–water partition coefficient (Wildman–Crippen LogP) is 5.54. The number of fused-ring (bicyclic) bond motifs is 1. The summed E-state index contributed by atoms with van der Waals surface area (Å²) in [6.07, 6.45) is 0.361. The average molecular weight is 424 g/mol. The molecule has 0 spiro atoms. The molecule has 3 rings (SSSR count). The highest BCUT2D eigenvalue weighted by Crippen LogP contribution is 2.33. The number of nitrogens with one attached hydrogen (secondary N) is 2. The highest BCUT2D eigenvalue weighted by molar-refractivity contribution is 6.03. The standard InChI is InChI=1S/C23H22F2N4O2/c1-5-15-12-27-21-17(15)9-7-13(3)20(21)29-14(4)28-18-11-16(22(26)30)8-10-19(18)31-23(24,25)6-2/h5-12,27H,1-2H2,3-4H3,(H2,26,30)(H,28,29). The van der Waals surface area contributed by atoms with Crippen molar-refractivity contribution in [3.63, 3.8) is 0 Å². The molecule has 1 amide bonds. The fraction of sp³-hybridized carbons (Fsp3) is 0.130. The van der Waals surface area contributed by atoms with Gasteiger partial charge in [-0.2, -0.15) is 8.78 Å². The van der Waals surface area contributed by atoms with Gasteiger partial charge in [-0.05, 0) is 43.2 Å². The Morgan fingerprint density at radius 3 is 2.68 bits per heavy atom. The first-order valence-electron chi connectivity index (χ1n) is 9.35. The number of alkyl halides is 2. The summed E-state index contributed by atoms with van der Waals surface area (Å²) in [4.78, 5) is 19.4. The number of aliphatic imine (C=N–C) groups is 1. The van der Waals surface area contributed by atoms with E-state index in [0.717, 1.165) is 22.0 Å². The summed E-state index contributed by atoms with van der Waals surface area (Å²) in [5, 5.41) is 3.89. The number of aromatic amines is 1. The zero-order valence-electron chi connectivity index (χ0n) is 17.1. The van der Waals surface area contributed by atoms with Crippen LogP contribution in [-0.4, -0.2) is 22.8 Å². The Balaban J connectivity index is 2.03. The normalized spacial score (nSPS) is 11.9. The van der Waals surface area contributed by atoms with Crippen molar-refractivity contribution in [2.45, 2.75) is 20.0 Å². The number of ether oxygens (including phenoxy) is 1. The number of nitrogens with zero attached hydrogens (tertiary/aromatic N) is 1. The molecule has 31 heavy (non-hydrogen) atoms. The zero-order valence-corrected chi connectivity index (χ0v) is 17.1. The average Bonchev–Trinajstić information content (AvgIpc) is 3.14. The molecule has 1 heterocycles. The van der Waals surface area contributed by atoms with Crippen LogP contribution in [0.2, 0.25) is 0 Å². The number of anilines is 1. The molecule has 0 saturated carbocycles. The summed E-state index contributed by atoms with van der Waals surface area (Å²) in [5.74, 6) is -0.504. The maximum Gasteiger partial charge on any atom is 0.419 e. The Morgan fingerprint density at radius 1 is 1.29 bits per heavy atom. The van der Waals surface area contributed by atoms with Gasteiger partial charge in [0, 0.05) is 23.2 Å². The highest BCUT2D eigenvalue weighted by Gasteiger charge is 2.28. The van der Waals surface area contributed by atoms with E-state index in [1.807, 2.05) is 25.3 Å². The smallest absolute Gasteiger partial charge is 0.419 e. The molecule has 3 aromatic rings. The Hall–Kier alpha value is -3.94. The number of amides is 1. The number of hydrogen-bond donors (Lipinski definition) is 3. The van der Waals surface area contributed by atoms with Crippen LogP contribution in [0.5, 0.6) is 5.75 Å². The topological polar surface area (TPSA) is 92.5 Å². The van der Waals surface area contributed by atoms with Crippen molar-refractivity contribution >= 4 is 40.1 Å². The van der Waals surface area contributed by atoms with Gasteiger partial charge in [0.15, 0.2) is 0 Å². The molecule has 160 valence electrons. The fourth-order valence-electron chi connectivity index (χ4n) is 3.07. The molecule has 0 radical (unpaired) electrons. The molecular weight excluding hydrogens is 402 g/mol. The maximum atomic E-state index is 13.7. The number of aryl methyl sites for hydroxylation is 1. The first-order valence-corrected chi connectivity index (χ1v) is 9.35. The minimum atomic E-state index is -3.59. The Morgan fingerprint density at radius 2 is 2.03 bits per heavy atom. The monoisotopic (exact) mass is 424 g/mol. The van der Waals surface area contributed by atoms with Crippen LogP contribution in [0, 0.1) is 6.92 Å². The van der Waals surface area contributed by atoms with Crippen LogP contribution in [0.25, 0.3) is 17.0 Å². The lowest BCUT2D eigenvalue weighted by Gasteiger charge is -2.18. The molecule has 0 aliphatic carbocycles. The van der Waals surface area contributed by atoms with Crippen molar-refractivity contribution < 1.29 is 18.3 Å². The van der Waals surface area contributed by atoms with Crippen molar-refractivity contribution in [1.82, 2.24) is 4.98 Å². The number of nitrogens with two attached hydrogens (primary N) is 1. The molecular formula is C23H22F2N4O2. The molecule has 0 aliphatic rings. The van der Waals surface area contributed by atoms with Crippen LogP contribution in [0.15, 0.2) is 60.8 Å². The first kappa shape index (κ1) is 21.8. The maximum absolute atomic E-state index is 13.7. The third-order valence-corrected chi connectivity index (χ3v) is 4.63. The van der Waals surface area contributed by atoms with Gasteiger partial charge in [-0.1, -0.05) is 31.4 Å². The first-order chi connectivity index (χ1) is 14.6. The number of primary amides is 1. The van der Waals surface area contributed by atoms with Crippen LogP contribution in [0.3, 0.4) is 0 Å². The van der Waals surface area contributed by atoms with E-state index < -0.39 is 12.0 Å². The quantitative estimate of drug-likeness (QED) is 0.264. The molecule has 1 aromatic heterocycles. The van der Waals surface area contributed by atoms with Crippen LogP contribution in [-0.2, 0) is 0 Å². The van der Waals surface area contributed by atoms with Crippen LogP contribution in [0.1, 0.15) is 28.4 Å². The van der Waals surface area contributed by atoms with E-state index in [4.69, 9.17) is 10.5 Å². The second kappa shape index (κ2) is 8.43. The number of benzene rings is 2. The number of H-pyrrole nitrogens is 1. The van der Waals surface area contributed by atoms with Gasteiger partial charge in [0.25, 0.3) is 0 Å². The summed E-state index contributed by atoms with van der Waals surface area (Å²) < 4.78 is 32.2. The molecule has 0 unspecified atom stereocenters. The summed E-state index contributed by atoms with van der Waals surface area (Å²) in [6, 6.07) is 7.77. The molecule has 2 aromatic carbocycles. The third kappa shape index (κ3) is 4.63. The van der Waals surface area contributed by atoms with E-state index in [1.54, 1.807) is 13.0 Å². The molecule has 6 nitrogen and oxygen atoms in total. The molecule has 0 bridgehead atoms. The Bertz CT molecular complexity index is 1210. The zero-order chi connectivity index (χ0) is 22.8. The van der Waals surface area contributed by atoms with Gasteiger partial charge in [-0.15, -0.1) is 0 Å². The van der Waals surface area contributed by atoms with Gasteiger partial charge >= 0.3 is 6.11 Å². The van der Waals surface area contributed by atoms with E-state index in [1.165, 1.54) is 18.2 Å². The van der Waals surface area contributed by atoms with E-state index in [0.29, 0.717) is 17.6 Å². The molecule has 0 saturated heterocycles. The van der Waals surface area contributed by atoms with Gasteiger partial charge < -0.3 is 20.8 Å². The summed E-state index contributed by atoms with van der Waals surface area (Å²) in [5.41, 5.74) is 8.91. The Kier molecular flexibility index (Phi) is 5.92. The number of amidine groups is 1. The SMILES string of the molecule is C=Cc1c[nH]c2c(N=C(C)Nc3cc(C(N)=O)ccc3OC(F)(F)C=C)c(C)ccc12. The van der Waals surface area contributed by atoms with E-state index >= 15 is 0 Å². The van der Waals surface area contributed by atoms with Crippen LogP contribution in [0.4, 0.5) is 20.2 Å². The molecule has 4 N–H and O–H groups in total. The van der Waals surface area contributed by atoms with E-state index in [-0.39, 0.29) is 17.0 Å². The Labute approximate surface area is 178 Å². The summed E-state index contributed by atoms with van der Waals surface area (Å²) >= 11 is 0. The molecule has 0 fully saturated rings. The van der Waals surface area contributed by atoms with E-state index in [2.05, 4.69) is 28.5 Å². The third-order valence-electron chi connectivity index (χ3n) is 4.63.